The minimum absolute atomic E-state index is 0.00588. The van der Waals surface area contributed by atoms with Gasteiger partial charge in [-0.1, -0.05) is 60.7 Å². The second-order valence-electron chi connectivity index (χ2n) is 13.1. The summed E-state index contributed by atoms with van der Waals surface area (Å²) in [6.45, 7) is 4.19. The molecule has 2 fully saturated rings. The van der Waals surface area contributed by atoms with E-state index in [0.717, 1.165) is 40.0 Å². The van der Waals surface area contributed by atoms with Crippen molar-refractivity contribution >= 4 is 35.0 Å². The highest BCUT2D eigenvalue weighted by Crippen LogP contribution is 2.46. The number of nitrogens with zero attached hydrogens (tertiary/aromatic N) is 2. The molecular weight excluding hydrogens is 659 g/mol. The number of halogens is 1. The molecule has 0 aliphatic carbocycles. The fourth-order valence-corrected chi connectivity index (χ4v) is 7.95. The van der Waals surface area contributed by atoms with Gasteiger partial charge in [-0.3, -0.25) is 29.8 Å². The number of carbonyl (C=O) groups is 4. The van der Waals surface area contributed by atoms with Gasteiger partial charge in [0, 0.05) is 72.3 Å². The molecule has 2 atom stereocenters. The molecule has 2 unspecified atom stereocenters. The predicted octanol–water partition coefficient (Wildman–Crippen LogP) is 5.24. The Kier molecular flexibility index (Phi) is 8.16. The summed E-state index contributed by atoms with van der Waals surface area (Å²) in [5, 5.41) is 12.7. The van der Waals surface area contributed by atoms with Crippen molar-refractivity contribution in [1.82, 2.24) is 20.4 Å². The molecule has 9 rings (SSSR count). The van der Waals surface area contributed by atoms with E-state index in [-0.39, 0.29) is 29.4 Å². The molecule has 52 heavy (non-hydrogen) atoms. The predicted molar refractivity (Wildman–Crippen MR) is 194 cm³/mol. The van der Waals surface area contributed by atoms with Crippen LogP contribution in [0.15, 0.2) is 121 Å². The molecule has 4 N–H and O–H groups in total. The monoisotopic (exact) mass is 694 g/mol. The van der Waals surface area contributed by atoms with Gasteiger partial charge in [0.2, 0.25) is 5.91 Å². The maximum absolute atomic E-state index is 13.1. The van der Waals surface area contributed by atoms with Crippen LogP contribution in [0.4, 0.5) is 15.8 Å². The van der Waals surface area contributed by atoms with E-state index in [1.807, 2.05) is 101 Å². The van der Waals surface area contributed by atoms with E-state index in [9.17, 15) is 23.6 Å². The Hall–Kier alpha value is -6.17. The molecule has 260 valence electrons. The molecule has 5 aromatic carbocycles. The summed E-state index contributed by atoms with van der Waals surface area (Å²) in [4.78, 5) is 53.2. The highest BCUT2D eigenvalue weighted by atomic mass is 19.1. The van der Waals surface area contributed by atoms with Crippen LogP contribution in [-0.2, 0) is 16.1 Å². The van der Waals surface area contributed by atoms with Crippen LogP contribution in [0.2, 0.25) is 0 Å². The number of hydrogen-bond acceptors (Lipinski definition) is 6. The van der Waals surface area contributed by atoms with Crippen LogP contribution in [0.5, 0.6) is 0 Å². The van der Waals surface area contributed by atoms with Crippen molar-refractivity contribution in [3.63, 3.8) is 0 Å². The average molecular weight is 695 g/mol. The van der Waals surface area contributed by atoms with E-state index in [0.29, 0.717) is 36.4 Å². The molecule has 0 saturated carbocycles. The summed E-state index contributed by atoms with van der Waals surface area (Å²) in [5.74, 6) is -0.765. The molecule has 4 aliphatic rings. The molecule has 4 heterocycles. The van der Waals surface area contributed by atoms with Gasteiger partial charge in [-0.25, -0.2) is 4.39 Å². The topological polar surface area (TPSA) is 123 Å². The van der Waals surface area contributed by atoms with Gasteiger partial charge in [0.05, 0.1) is 0 Å². The Morgan fingerprint density at radius 2 is 1.12 bits per heavy atom. The third-order valence-electron chi connectivity index (χ3n) is 10.1. The maximum atomic E-state index is 13.1. The van der Waals surface area contributed by atoms with E-state index in [1.54, 1.807) is 6.07 Å². The third kappa shape index (κ3) is 5.24. The van der Waals surface area contributed by atoms with Crippen LogP contribution < -0.4 is 21.3 Å². The molecule has 5 aromatic rings. The summed E-state index contributed by atoms with van der Waals surface area (Å²) in [5.41, 5.74) is 5.51. The highest BCUT2D eigenvalue weighted by molar-refractivity contribution is 6.05. The highest BCUT2D eigenvalue weighted by Gasteiger charge is 2.54. The zero-order valence-corrected chi connectivity index (χ0v) is 28.3. The summed E-state index contributed by atoms with van der Waals surface area (Å²) in [6, 6.07) is 35.9. The maximum Gasteiger partial charge on any atom is 0.256 e. The van der Waals surface area contributed by atoms with E-state index in [4.69, 9.17) is 0 Å². The Balaban J connectivity index is 0.000000153. The fourth-order valence-electron chi connectivity index (χ4n) is 7.95. The Morgan fingerprint density at radius 1 is 0.635 bits per heavy atom. The first kappa shape index (κ1) is 33.0. The Bertz CT molecular complexity index is 2260. The molecule has 0 bridgehead atoms. The number of carbonyl (C=O) groups excluding carboxylic acids is 4. The fraction of sp³-hybridized carbons (Fsp3) is 0.171. The van der Waals surface area contributed by atoms with Crippen LogP contribution >= 0.6 is 0 Å². The molecule has 10 nitrogen and oxygen atoms in total. The summed E-state index contributed by atoms with van der Waals surface area (Å²) < 4.78 is 13.1. The zero-order valence-electron chi connectivity index (χ0n) is 28.3. The molecule has 2 saturated heterocycles. The van der Waals surface area contributed by atoms with Crippen molar-refractivity contribution in [2.45, 2.75) is 18.2 Å². The number of fused-ring (bicyclic) bond motifs is 6. The molecular formula is C41H35FN6O4. The van der Waals surface area contributed by atoms with Crippen LogP contribution in [0, 0.1) is 5.82 Å². The first-order chi connectivity index (χ1) is 25.2. The minimum atomic E-state index is -0.732. The van der Waals surface area contributed by atoms with Crippen LogP contribution in [0.25, 0.3) is 0 Å². The van der Waals surface area contributed by atoms with Gasteiger partial charge in [0.15, 0.2) is 0 Å². The normalized spacial score (nSPS) is 20.7. The lowest BCUT2D eigenvalue weighted by Crippen LogP contribution is -2.46. The average Bonchev–Trinajstić information content (AvgIpc) is 3.91. The largest absolute Gasteiger partial charge is 0.326 e. The molecule has 0 radical (unpaired) electrons. The quantitative estimate of drug-likeness (QED) is 0.200. The second-order valence-corrected chi connectivity index (χ2v) is 13.1. The number of anilines is 2. The Morgan fingerprint density at radius 3 is 1.62 bits per heavy atom. The van der Waals surface area contributed by atoms with Gasteiger partial charge in [-0.15, -0.1) is 0 Å². The molecule has 4 aliphatic heterocycles. The van der Waals surface area contributed by atoms with Gasteiger partial charge in [-0.05, 0) is 71.8 Å². The lowest BCUT2D eigenvalue weighted by Gasteiger charge is -2.33. The SMILES string of the molecule is CC(=O)Nc1cccc(C23NCCN2C(=O)c2ccccc23)c1.O=C(Nc1cccc(C23NCCN2C(=O)c2ccccc23)c1)c1ccc(F)cc1. The lowest BCUT2D eigenvalue weighted by atomic mass is 9.91. The number of rotatable bonds is 5. The van der Waals surface area contributed by atoms with E-state index < -0.39 is 11.3 Å². The van der Waals surface area contributed by atoms with Crippen LogP contribution in [0.3, 0.4) is 0 Å². The first-order valence-corrected chi connectivity index (χ1v) is 17.1. The van der Waals surface area contributed by atoms with Crippen molar-refractivity contribution in [2.75, 3.05) is 36.8 Å². The van der Waals surface area contributed by atoms with Crippen LogP contribution in [0.1, 0.15) is 60.3 Å². The number of hydrogen-bond donors (Lipinski definition) is 4. The minimum Gasteiger partial charge on any atom is -0.326 e. The van der Waals surface area contributed by atoms with Crippen molar-refractivity contribution < 1.29 is 23.6 Å². The van der Waals surface area contributed by atoms with Crippen molar-refractivity contribution in [1.29, 1.82) is 0 Å². The van der Waals surface area contributed by atoms with Crippen molar-refractivity contribution in [2.24, 2.45) is 0 Å². The molecule has 11 heteroatoms. The summed E-state index contributed by atoms with van der Waals surface area (Å²) >= 11 is 0. The number of benzene rings is 5. The zero-order chi connectivity index (χ0) is 36.0. The van der Waals surface area contributed by atoms with E-state index in [2.05, 4.69) is 21.3 Å². The number of amides is 4. The Labute approximate surface area is 299 Å². The van der Waals surface area contributed by atoms with E-state index >= 15 is 0 Å². The van der Waals surface area contributed by atoms with Crippen molar-refractivity contribution in [3.8, 4) is 0 Å². The van der Waals surface area contributed by atoms with Crippen molar-refractivity contribution in [3.05, 3.63) is 166 Å². The van der Waals surface area contributed by atoms with Gasteiger partial charge in [0.1, 0.15) is 17.1 Å². The van der Waals surface area contributed by atoms with Crippen LogP contribution in [-0.4, -0.2) is 59.6 Å². The van der Waals surface area contributed by atoms with Gasteiger partial charge in [0.25, 0.3) is 17.7 Å². The molecule has 4 amide bonds. The summed E-state index contributed by atoms with van der Waals surface area (Å²) in [6.07, 6.45) is 0. The van der Waals surface area contributed by atoms with Gasteiger partial charge in [-0.2, -0.15) is 0 Å². The summed E-state index contributed by atoms with van der Waals surface area (Å²) in [7, 11) is 0. The van der Waals surface area contributed by atoms with Gasteiger partial charge < -0.3 is 20.4 Å². The van der Waals surface area contributed by atoms with E-state index in [1.165, 1.54) is 31.2 Å². The standard InChI is InChI=1S/C23H18FN3O2.C18H17N3O2/c24-17-10-8-15(9-11-17)21(28)26-18-5-3-4-16(14-18)23-20-7-2-1-6-19(20)22(29)27(23)13-12-25-23;1-12(22)20-14-6-4-5-13(11-14)18-16-8-3-2-7-15(16)17(23)21(18)10-9-19-18/h1-11,14,25H,12-13H2,(H,26,28);2-8,11,19H,9-10H2,1H3,(H,20,22). The molecule has 0 spiro atoms. The lowest BCUT2D eigenvalue weighted by molar-refractivity contribution is -0.114. The van der Waals surface area contributed by atoms with Gasteiger partial charge >= 0.3 is 0 Å². The second kappa shape index (κ2) is 12.9. The smallest absolute Gasteiger partial charge is 0.256 e. The first-order valence-electron chi connectivity index (χ1n) is 17.1. The third-order valence-corrected chi connectivity index (χ3v) is 10.1. The number of nitrogens with one attached hydrogen (secondary N) is 4. The molecule has 0 aromatic heterocycles.